The quantitative estimate of drug-likeness (QED) is 0.319. The van der Waals surface area contributed by atoms with Gasteiger partial charge >= 0.3 is 5.97 Å². The molecule has 148 valence electrons. The van der Waals surface area contributed by atoms with Gasteiger partial charge in [-0.1, -0.05) is 0 Å². The first-order chi connectivity index (χ1) is 12.9. The highest BCUT2D eigenvalue weighted by Crippen LogP contribution is 2.23. The summed E-state index contributed by atoms with van der Waals surface area (Å²) in [4.78, 5) is 36.9. The molecule has 1 aromatic carbocycles. The molecule has 0 aliphatic carbocycles. The normalized spacial score (nSPS) is 16.7. The second kappa shape index (κ2) is 9.86. The molecule has 1 amide bonds. The lowest BCUT2D eigenvalue weighted by atomic mass is 10.0. The van der Waals surface area contributed by atoms with E-state index in [2.05, 4.69) is 5.32 Å². The molecule has 1 aliphatic heterocycles. The third-order valence-corrected chi connectivity index (χ3v) is 4.51. The fourth-order valence-electron chi connectivity index (χ4n) is 3.01. The summed E-state index contributed by atoms with van der Waals surface area (Å²) in [5.74, 6) is -1.04. The number of non-ortho nitro benzene ring substituents is 1. The SMILES string of the molecule is COCCNc1ccc([N+](=O)[O-])cc1C(=O)OCC(=O)N1CCCC[C@H]1C. The Hall–Kier alpha value is -2.68. The molecule has 1 aliphatic rings. The molecule has 0 aromatic heterocycles. The van der Waals surface area contributed by atoms with E-state index >= 15 is 0 Å². The minimum atomic E-state index is -0.781. The maximum absolute atomic E-state index is 12.5. The van der Waals surface area contributed by atoms with Crippen LogP contribution in [-0.2, 0) is 14.3 Å². The third-order valence-electron chi connectivity index (χ3n) is 4.51. The smallest absolute Gasteiger partial charge is 0.341 e. The lowest BCUT2D eigenvalue weighted by molar-refractivity contribution is -0.384. The van der Waals surface area contributed by atoms with E-state index in [4.69, 9.17) is 9.47 Å². The van der Waals surface area contributed by atoms with Crippen LogP contribution >= 0.6 is 0 Å². The topological polar surface area (TPSA) is 111 Å². The van der Waals surface area contributed by atoms with Gasteiger partial charge in [-0.2, -0.15) is 0 Å². The molecule has 1 saturated heterocycles. The van der Waals surface area contributed by atoms with Crippen molar-refractivity contribution in [3.63, 3.8) is 0 Å². The Morgan fingerprint density at radius 1 is 1.37 bits per heavy atom. The third kappa shape index (κ3) is 5.65. The number of nitrogens with one attached hydrogen (secondary N) is 1. The molecule has 9 nitrogen and oxygen atoms in total. The van der Waals surface area contributed by atoms with E-state index in [1.807, 2.05) is 6.92 Å². The Morgan fingerprint density at radius 2 is 2.15 bits per heavy atom. The van der Waals surface area contributed by atoms with Crippen molar-refractivity contribution in [1.29, 1.82) is 0 Å². The molecule has 0 bridgehead atoms. The first-order valence-electron chi connectivity index (χ1n) is 8.92. The number of amides is 1. The van der Waals surface area contributed by atoms with Crippen molar-refractivity contribution in [3.05, 3.63) is 33.9 Å². The number of esters is 1. The van der Waals surface area contributed by atoms with Crippen LogP contribution in [0.1, 0.15) is 36.5 Å². The lowest BCUT2D eigenvalue weighted by Crippen LogP contribution is -2.44. The zero-order chi connectivity index (χ0) is 19.8. The highest BCUT2D eigenvalue weighted by Gasteiger charge is 2.25. The Kier molecular flexibility index (Phi) is 7.54. The second-order valence-corrected chi connectivity index (χ2v) is 6.41. The van der Waals surface area contributed by atoms with Gasteiger partial charge in [0.25, 0.3) is 11.6 Å². The number of benzene rings is 1. The van der Waals surface area contributed by atoms with Gasteiger partial charge in [0.05, 0.1) is 17.1 Å². The van der Waals surface area contributed by atoms with Crippen molar-refractivity contribution in [2.75, 3.05) is 38.7 Å². The van der Waals surface area contributed by atoms with Crippen molar-refractivity contribution < 1.29 is 24.0 Å². The van der Waals surface area contributed by atoms with Gasteiger partial charge in [-0.05, 0) is 32.3 Å². The van der Waals surface area contributed by atoms with E-state index in [1.165, 1.54) is 12.1 Å². The number of likely N-dealkylation sites (tertiary alicyclic amines) is 1. The van der Waals surface area contributed by atoms with Crippen LogP contribution in [0.2, 0.25) is 0 Å². The van der Waals surface area contributed by atoms with Gasteiger partial charge in [-0.15, -0.1) is 0 Å². The molecule has 0 spiro atoms. The number of rotatable bonds is 8. The van der Waals surface area contributed by atoms with E-state index in [0.717, 1.165) is 25.3 Å². The summed E-state index contributed by atoms with van der Waals surface area (Å²) in [6.45, 7) is 3.05. The number of ether oxygens (including phenoxy) is 2. The average molecular weight is 379 g/mol. The fraction of sp³-hybridized carbons (Fsp3) is 0.556. The molecule has 1 N–H and O–H groups in total. The number of nitrogens with zero attached hydrogens (tertiary/aromatic N) is 2. The van der Waals surface area contributed by atoms with Crippen LogP contribution in [0.4, 0.5) is 11.4 Å². The Labute approximate surface area is 157 Å². The van der Waals surface area contributed by atoms with Crippen molar-refractivity contribution >= 4 is 23.3 Å². The molecule has 1 heterocycles. The van der Waals surface area contributed by atoms with Crippen LogP contribution in [0.3, 0.4) is 0 Å². The van der Waals surface area contributed by atoms with Gasteiger partial charge < -0.3 is 19.7 Å². The largest absolute Gasteiger partial charge is 0.452 e. The summed E-state index contributed by atoms with van der Waals surface area (Å²) in [5.41, 5.74) is 0.177. The molecule has 0 unspecified atom stereocenters. The molecule has 1 aromatic rings. The van der Waals surface area contributed by atoms with Crippen molar-refractivity contribution in [1.82, 2.24) is 4.90 Å². The van der Waals surface area contributed by atoms with Crippen LogP contribution in [0.15, 0.2) is 18.2 Å². The van der Waals surface area contributed by atoms with Crippen LogP contribution in [0.5, 0.6) is 0 Å². The number of carbonyl (C=O) groups is 2. The van der Waals surface area contributed by atoms with Crippen LogP contribution in [0.25, 0.3) is 0 Å². The van der Waals surface area contributed by atoms with Gasteiger partial charge in [0, 0.05) is 44.1 Å². The van der Waals surface area contributed by atoms with Crippen molar-refractivity contribution in [2.24, 2.45) is 0 Å². The predicted octanol–water partition coefficient (Wildman–Crippen LogP) is 2.21. The zero-order valence-corrected chi connectivity index (χ0v) is 15.6. The molecule has 9 heteroatoms. The molecule has 2 rings (SSSR count). The van der Waals surface area contributed by atoms with Crippen LogP contribution in [0, 0.1) is 10.1 Å². The number of anilines is 1. The average Bonchev–Trinajstić information content (AvgIpc) is 2.66. The van der Waals surface area contributed by atoms with Crippen LogP contribution < -0.4 is 5.32 Å². The minimum absolute atomic E-state index is 0.0137. The first kappa shape index (κ1) is 20.6. The predicted molar refractivity (Wildman–Crippen MR) is 98.8 cm³/mol. The van der Waals surface area contributed by atoms with Gasteiger partial charge in [-0.25, -0.2) is 4.79 Å². The molecule has 0 saturated carbocycles. The van der Waals surface area contributed by atoms with Gasteiger partial charge in [-0.3, -0.25) is 14.9 Å². The number of piperidine rings is 1. The summed E-state index contributed by atoms with van der Waals surface area (Å²) in [7, 11) is 1.54. The van der Waals surface area contributed by atoms with Crippen molar-refractivity contribution in [3.8, 4) is 0 Å². The van der Waals surface area contributed by atoms with Gasteiger partial charge in [0.2, 0.25) is 0 Å². The molecule has 1 fully saturated rings. The van der Waals surface area contributed by atoms with E-state index in [1.54, 1.807) is 12.0 Å². The summed E-state index contributed by atoms with van der Waals surface area (Å²) >= 11 is 0. The standard InChI is InChI=1S/C18H25N3O6/c1-13-5-3-4-9-20(13)17(22)12-27-18(23)15-11-14(21(24)25)6-7-16(15)19-8-10-26-2/h6-7,11,13,19H,3-5,8-10,12H2,1-2H3/t13-/m1/s1. The van der Waals surface area contributed by atoms with Gasteiger partial charge in [0.1, 0.15) is 0 Å². The highest BCUT2D eigenvalue weighted by molar-refractivity contribution is 5.97. The molecular formula is C18H25N3O6. The van der Waals surface area contributed by atoms with Crippen LogP contribution in [-0.4, -0.2) is 61.2 Å². The van der Waals surface area contributed by atoms with E-state index in [9.17, 15) is 19.7 Å². The van der Waals surface area contributed by atoms with E-state index in [-0.39, 0.29) is 29.8 Å². The molecular weight excluding hydrogens is 354 g/mol. The maximum Gasteiger partial charge on any atom is 0.341 e. The number of hydrogen-bond donors (Lipinski definition) is 1. The number of nitro benzene ring substituents is 1. The fourth-order valence-corrected chi connectivity index (χ4v) is 3.01. The van der Waals surface area contributed by atoms with Crippen molar-refractivity contribution in [2.45, 2.75) is 32.2 Å². The monoisotopic (exact) mass is 379 g/mol. The number of hydrogen-bond acceptors (Lipinski definition) is 7. The summed E-state index contributed by atoms with van der Waals surface area (Å²) in [5, 5.41) is 14.0. The lowest BCUT2D eigenvalue weighted by Gasteiger charge is -2.33. The minimum Gasteiger partial charge on any atom is -0.452 e. The first-order valence-corrected chi connectivity index (χ1v) is 8.92. The number of methoxy groups -OCH3 is 1. The van der Waals surface area contributed by atoms with E-state index in [0.29, 0.717) is 25.4 Å². The zero-order valence-electron chi connectivity index (χ0n) is 15.6. The molecule has 27 heavy (non-hydrogen) atoms. The highest BCUT2D eigenvalue weighted by atomic mass is 16.6. The Balaban J connectivity index is 2.07. The molecule has 0 radical (unpaired) electrons. The number of carbonyl (C=O) groups excluding carboxylic acids is 2. The van der Waals surface area contributed by atoms with Gasteiger partial charge in [0.15, 0.2) is 6.61 Å². The molecule has 1 atom stereocenters. The summed E-state index contributed by atoms with van der Waals surface area (Å²) in [6, 6.07) is 4.01. The second-order valence-electron chi connectivity index (χ2n) is 6.41. The van der Waals surface area contributed by atoms with E-state index < -0.39 is 10.9 Å². The maximum atomic E-state index is 12.5. The Morgan fingerprint density at radius 3 is 2.81 bits per heavy atom. The summed E-state index contributed by atoms with van der Waals surface area (Å²) in [6.07, 6.45) is 2.94. The Bertz CT molecular complexity index is 694. The summed E-state index contributed by atoms with van der Waals surface area (Å²) < 4.78 is 10.1. The number of nitro groups is 1.